The maximum atomic E-state index is 12.0. The predicted molar refractivity (Wildman–Crippen MR) is 67.8 cm³/mol. The minimum Gasteiger partial charge on any atom is -0.258 e. The van der Waals surface area contributed by atoms with Gasteiger partial charge >= 0.3 is 0 Å². The van der Waals surface area contributed by atoms with Gasteiger partial charge in [-0.15, -0.1) is 0 Å². The van der Waals surface area contributed by atoms with Crippen LogP contribution in [-0.4, -0.2) is 19.4 Å². The molecule has 0 saturated carbocycles. The molecule has 6 nitrogen and oxygen atoms in total. The molecule has 0 aliphatic carbocycles. The van der Waals surface area contributed by atoms with Crippen LogP contribution in [-0.2, 0) is 10.0 Å². The first-order chi connectivity index (χ1) is 8.36. The van der Waals surface area contributed by atoms with Crippen molar-refractivity contribution in [1.82, 2.24) is 4.72 Å². The SMILES string of the molecule is CCC[C@@H](C)NS(=O)(=O)c1cccc([N+](=O)[O-])c1. The standard InChI is InChI=1S/C11H16N2O4S/c1-3-5-9(2)12-18(16,17)11-7-4-6-10(8-11)13(14)15/h4,6-9,12H,3,5H2,1-2H3/t9-/m1/s1. The number of nitro benzene ring substituents is 1. The molecule has 0 aliphatic rings. The van der Waals surface area contributed by atoms with Gasteiger partial charge in [0, 0.05) is 18.2 Å². The van der Waals surface area contributed by atoms with Crippen LogP contribution in [0.5, 0.6) is 0 Å². The third kappa shape index (κ3) is 3.78. The van der Waals surface area contributed by atoms with Crippen LogP contribution in [0.25, 0.3) is 0 Å². The summed E-state index contributed by atoms with van der Waals surface area (Å²) < 4.78 is 26.4. The molecule has 0 radical (unpaired) electrons. The highest BCUT2D eigenvalue weighted by Crippen LogP contribution is 2.17. The summed E-state index contributed by atoms with van der Waals surface area (Å²) in [6.45, 7) is 3.72. The Hall–Kier alpha value is -1.47. The lowest BCUT2D eigenvalue weighted by Crippen LogP contribution is -2.32. The highest BCUT2D eigenvalue weighted by Gasteiger charge is 2.19. The fourth-order valence-corrected chi connectivity index (χ4v) is 2.91. The molecule has 18 heavy (non-hydrogen) atoms. The van der Waals surface area contributed by atoms with Gasteiger partial charge in [0.2, 0.25) is 10.0 Å². The molecular formula is C11H16N2O4S. The molecule has 0 saturated heterocycles. The van der Waals surface area contributed by atoms with Crippen LogP contribution < -0.4 is 4.72 Å². The second kappa shape index (κ2) is 5.92. The third-order valence-corrected chi connectivity index (χ3v) is 4.00. The zero-order chi connectivity index (χ0) is 13.8. The van der Waals surface area contributed by atoms with Gasteiger partial charge in [0.05, 0.1) is 9.82 Å². The fourth-order valence-electron chi connectivity index (χ4n) is 1.59. The van der Waals surface area contributed by atoms with E-state index in [0.29, 0.717) is 6.42 Å². The first-order valence-electron chi connectivity index (χ1n) is 5.63. The van der Waals surface area contributed by atoms with Crippen molar-refractivity contribution in [2.45, 2.75) is 37.6 Å². The topological polar surface area (TPSA) is 89.3 Å². The molecule has 1 aromatic rings. The van der Waals surface area contributed by atoms with Gasteiger partial charge in [0.15, 0.2) is 0 Å². The van der Waals surface area contributed by atoms with E-state index in [4.69, 9.17) is 0 Å². The molecule has 0 aromatic heterocycles. The van der Waals surface area contributed by atoms with Crippen molar-refractivity contribution in [1.29, 1.82) is 0 Å². The number of rotatable bonds is 6. The van der Waals surface area contributed by atoms with E-state index >= 15 is 0 Å². The van der Waals surface area contributed by atoms with Crippen LogP contribution in [0.1, 0.15) is 26.7 Å². The van der Waals surface area contributed by atoms with Gasteiger partial charge in [-0.2, -0.15) is 0 Å². The molecule has 100 valence electrons. The van der Waals surface area contributed by atoms with Crippen LogP contribution in [0.2, 0.25) is 0 Å². The zero-order valence-electron chi connectivity index (χ0n) is 10.3. The van der Waals surface area contributed by atoms with E-state index in [9.17, 15) is 18.5 Å². The summed E-state index contributed by atoms with van der Waals surface area (Å²) in [5, 5.41) is 10.6. The summed E-state index contributed by atoms with van der Waals surface area (Å²) >= 11 is 0. The predicted octanol–water partition coefficient (Wildman–Crippen LogP) is 2.06. The van der Waals surface area contributed by atoms with Gasteiger partial charge in [-0.25, -0.2) is 13.1 Å². The molecule has 1 atom stereocenters. The van der Waals surface area contributed by atoms with Gasteiger partial charge in [-0.3, -0.25) is 10.1 Å². The Morgan fingerprint density at radius 1 is 1.44 bits per heavy atom. The van der Waals surface area contributed by atoms with Gasteiger partial charge in [0.25, 0.3) is 5.69 Å². The first-order valence-corrected chi connectivity index (χ1v) is 7.12. The number of hydrogen-bond acceptors (Lipinski definition) is 4. The Bertz CT molecular complexity index is 528. The monoisotopic (exact) mass is 272 g/mol. The summed E-state index contributed by atoms with van der Waals surface area (Å²) in [5.74, 6) is 0. The first kappa shape index (κ1) is 14.6. The molecule has 1 aromatic carbocycles. The number of non-ortho nitro benzene ring substituents is 1. The van der Waals surface area contributed by atoms with Gasteiger partial charge in [0.1, 0.15) is 0 Å². The Kier molecular flexibility index (Phi) is 4.80. The summed E-state index contributed by atoms with van der Waals surface area (Å²) in [7, 11) is -3.69. The maximum absolute atomic E-state index is 12.0. The number of nitrogens with zero attached hydrogens (tertiary/aromatic N) is 1. The molecule has 0 heterocycles. The Labute approximate surface area is 106 Å². The van der Waals surface area contributed by atoms with Crippen LogP contribution >= 0.6 is 0 Å². The average molecular weight is 272 g/mol. The summed E-state index contributed by atoms with van der Waals surface area (Å²) in [5.41, 5.74) is -0.235. The lowest BCUT2D eigenvalue weighted by molar-refractivity contribution is -0.385. The number of nitrogens with one attached hydrogen (secondary N) is 1. The lowest BCUT2D eigenvalue weighted by atomic mass is 10.2. The molecule has 0 spiro atoms. The van der Waals surface area contributed by atoms with Gasteiger partial charge in [-0.05, 0) is 19.4 Å². The smallest absolute Gasteiger partial charge is 0.258 e. The highest BCUT2D eigenvalue weighted by molar-refractivity contribution is 7.89. The Balaban J connectivity index is 2.98. The Morgan fingerprint density at radius 3 is 2.67 bits per heavy atom. The van der Waals surface area contributed by atoms with Crippen LogP contribution in [0, 0.1) is 10.1 Å². The molecule has 0 fully saturated rings. The molecular weight excluding hydrogens is 256 g/mol. The van der Waals surface area contributed by atoms with Gasteiger partial charge in [-0.1, -0.05) is 19.4 Å². The second-order valence-electron chi connectivity index (χ2n) is 4.07. The summed E-state index contributed by atoms with van der Waals surface area (Å²) in [4.78, 5) is 9.89. The van der Waals surface area contributed by atoms with E-state index in [1.54, 1.807) is 6.92 Å². The normalized spacial score (nSPS) is 13.2. The largest absolute Gasteiger partial charge is 0.270 e. The van der Waals surface area contributed by atoms with Crippen molar-refractivity contribution < 1.29 is 13.3 Å². The highest BCUT2D eigenvalue weighted by atomic mass is 32.2. The van der Waals surface area contributed by atoms with E-state index in [1.165, 1.54) is 18.2 Å². The third-order valence-electron chi connectivity index (χ3n) is 2.42. The van der Waals surface area contributed by atoms with Crippen LogP contribution in [0.3, 0.4) is 0 Å². The van der Waals surface area contributed by atoms with E-state index < -0.39 is 14.9 Å². The van der Waals surface area contributed by atoms with Crippen molar-refractivity contribution in [3.8, 4) is 0 Å². The number of hydrogen-bond donors (Lipinski definition) is 1. The minimum atomic E-state index is -3.69. The quantitative estimate of drug-likeness (QED) is 0.634. The molecule has 0 bridgehead atoms. The van der Waals surface area contributed by atoms with Crippen molar-refractivity contribution in [2.24, 2.45) is 0 Å². The molecule has 0 amide bonds. The lowest BCUT2D eigenvalue weighted by Gasteiger charge is -2.12. The van der Waals surface area contributed by atoms with E-state index in [0.717, 1.165) is 12.5 Å². The zero-order valence-corrected chi connectivity index (χ0v) is 11.1. The molecule has 1 rings (SSSR count). The maximum Gasteiger partial charge on any atom is 0.270 e. The van der Waals surface area contributed by atoms with Crippen molar-refractivity contribution in [3.63, 3.8) is 0 Å². The number of benzene rings is 1. The molecule has 0 unspecified atom stereocenters. The van der Waals surface area contributed by atoms with Crippen molar-refractivity contribution >= 4 is 15.7 Å². The summed E-state index contributed by atoms with van der Waals surface area (Å²) in [6, 6.07) is 4.82. The van der Waals surface area contributed by atoms with Crippen molar-refractivity contribution in [3.05, 3.63) is 34.4 Å². The average Bonchev–Trinajstić information content (AvgIpc) is 2.28. The van der Waals surface area contributed by atoms with Crippen LogP contribution in [0.4, 0.5) is 5.69 Å². The van der Waals surface area contributed by atoms with Crippen molar-refractivity contribution in [2.75, 3.05) is 0 Å². The van der Waals surface area contributed by atoms with E-state index in [-0.39, 0.29) is 16.6 Å². The molecule has 1 N–H and O–H groups in total. The van der Waals surface area contributed by atoms with Gasteiger partial charge < -0.3 is 0 Å². The van der Waals surface area contributed by atoms with E-state index in [1.807, 2.05) is 6.92 Å². The van der Waals surface area contributed by atoms with Crippen LogP contribution in [0.15, 0.2) is 29.2 Å². The minimum absolute atomic E-state index is 0.0837. The molecule has 0 aliphatic heterocycles. The fraction of sp³-hybridized carbons (Fsp3) is 0.455. The Morgan fingerprint density at radius 2 is 2.11 bits per heavy atom. The number of nitro groups is 1. The number of sulfonamides is 1. The molecule has 7 heteroatoms. The van der Waals surface area contributed by atoms with E-state index in [2.05, 4.69) is 4.72 Å². The second-order valence-corrected chi connectivity index (χ2v) is 5.78. The summed E-state index contributed by atoms with van der Waals surface area (Å²) in [6.07, 6.45) is 1.58.